The Morgan fingerprint density at radius 3 is 2.73 bits per heavy atom. The van der Waals surface area contributed by atoms with Gasteiger partial charge in [0, 0.05) is 18.5 Å². The smallest absolute Gasteiger partial charge is 0.303 e. The fourth-order valence-electron chi connectivity index (χ4n) is 1.56. The summed E-state index contributed by atoms with van der Waals surface area (Å²) in [7, 11) is 1.58. The van der Waals surface area contributed by atoms with Crippen LogP contribution >= 0.6 is 0 Å². The van der Waals surface area contributed by atoms with Gasteiger partial charge < -0.3 is 9.84 Å². The quantitative estimate of drug-likeness (QED) is 0.797. The summed E-state index contributed by atoms with van der Waals surface area (Å²) in [5.41, 5.74) is 1.73. The zero-order chi connectivity index (χ0) is 11.4. The molecule has 0 aliphatic carbocycles. The maximum absolute atomic E-state index is 10.5. The first-order valence-electron chi connectivity index (χ1n) is 4.92. The molecule has 5 heteroatoms. The van der Waals surface area contributed by atoms with Gasteiger partial charge in [0.2, 0.25) is 5.88 Å². The van der Waals surface area contributed by atoms with E-state index >= 15 is 0 Å². The normalized spacial score (nSPS) is 10.3. The van der Waals surface area contributed by atoms with E-state index in [0.717, 1.165) is 17.8 Å². The highest BCUT2D eigenvalue weighted by Crippen LogP contribution is 2.23. The Bertz CT molecular complexity index is 358. The Labute approximate surface area is 88.7 Å². The van der Waals surface area contributed by atoms with Crippen molar-refractivity contribution in [3.05, 3.63) is 11.3 Å². The van der Waals surface area contributed by atoms with Crippen LogP contribution < -0.4 is 4.74 Å². The molecule has 0 unspecified atom stereocenters. The van der Waals surface area contributed by atoms with Crippen molar-refractivity contribution in [2.75, 3.05) is 7.11 Å². The van der Waals surface area contributed by atoms with Gasteiger partial charge in [-0.1, -0.05) is 0 Å². The summed E-state index contributed by atoms with van der Waals surface area (Å²) in [6.45, 7) is 4.55. The first-order chi connectivity index (χ1) is 7.10. The third-order valence-electron chi connectivity index (χ3n) is 2.28. The molecular weight excluding hydrogens is 196 g/mol. The molecule has 0 aliphatic heterocycles. The van der Waals surface area contributed by atoms with Crippen LogP contribution in [0.4, 0.5) is 0 Å². The number of hydrogen-bond acceptors (Lipinski definition) is 3. The van der Waals surface area contributed by atoms with Crippen LogP contribution in [0, 0.1) is 6.92 Å². The molecule has 5 nitrogen and oxygen atoms in total. The van der Waals surface area contributed by atoms with Gasteiger partial charge in [0.1, 0.15) is 0 Å². The number of carboxylic acids is 1. The maximum atomic E-state index is 10.5. The van der Waals surface area contributed by atoms with Crippen molar-refractivity contribution >= 4 is 5.97 Å². The monoisotopic (exact) mass is 212 g/mol. The lowest BCUT2D eigenvalue weighted by molar-refractivity contribution is -0.136. The van der Waals surface area contributed by atoms with Gasteiger partial charge in [0.15, 0.2) is 0 Å². The lowest BCUT2D eigenvalue weighted by Crippen LogP contribution is -2.02. The summed E-state index contributed by atoms with van der Waals surface area (Å²) in [5.74, 6) is -0.128. The van der Waals surface area contributed by atoms with Crippen LogP contribution in [0.2, 0.25) is 0 Å². The summed E-state index contributed by atoms with van der Waals surface area (Å²) in [6.07, 6.45) is 0.566. The largest absolute Gasteiger partial charge is 0.481 e. The molecule has 0 fully saturated rings. The van der Waals surface area contributed by atoms with E-state index in [0.29, 0.717) is 12.3 Å². The molecule has 0 bridgehead atoms. The van der Waals surface area contributed by atoms with Gasteiger partial charge in [-0.3, -0.25) is 4.79 Å². The number of carboxylic acid groups (broad SMARTS) is 1. The molecule has 0 aliphatic rings. The van der Waals surface area contributed by atoms with Crippen LogP contribution in [0.15, 0.2) is 0 Å². The molecule has 15 heavy (non-hydrogen) atoms. The van der Waals surface area contributed by atoms with E-state index in [1.807, 2.05) is 13.8 Å². The van der Waals surface area contributed by atoms with Crippen molar-refractivity contribution in [1.29, 1.82) is 0 Å². The molecule has 1 aromatic heterocycles. The molecule has 1 N–H and O–H groups in total. The molecule has 1 heterocycles. The van der Waals surface area contributed by atoms with E-state index < -0.39 is 5.97 Å². The van der Waals surface area contributed by atoms with Gasteiger partial charge >= 0.3 is 5.97 Å². The first-order valence-corrected chi connectivity index (χ1v) is 4.92. The van der Waals surface area contributed by atoms with Gasteiger partial charge in [0.05, 0.1) is 12.8 Å². The van der Waals surface area contributed by atoms with Crippen molar-refractivity contribution in [2.45, 2.75) is 33.2 Å². The summed E-state index contributed by atoms with van der Waals surface area (Å²) < 4.78 is 6.97. The lowest BCUT2D eigenvalue weighted by Gasteiger charge is -2.04. The van der Waals surface area contributed by atoms with Crippen LogP contribution in [0.25, 0.3) is 0 Å². The number of hydrogen-bond donors (Lipinski definition) is 1. The van der Waals surface area contributed by atoms with E-state index in [4.69, 9.17) is 9.84 Å². The number of aryl methyl sites for hydroxylation is 2. The average Bonchev–Trinajstić information content (AvgIpc) is 2.51. The summed E-state index contributed by atoms with van der Waals surface area (Å²) in [4.78, 5) is 10.5. The molecule has 84 valence electrons. The summed E-state index contributed by atoms with van der Waals surface area (Å²) >= 11 is 0. The Morgan fingerprint density at radius 1 is 1.60 bits per heavy atom. The Kier molecular flexibility index (Phi) is 3.71. The van der Waals surface area contributed by atoms with E-state index in [9.17, 15) is 4.79 Å². The van der Waals surface area contributed by atoms with E-state index in [-0.39, 0.29) is 6.42 Å². The Balaban J connectivity index is 2.94. The van der Waals surface area contributed by atoms with Crippen LogP contribution in [-0.2, 0) is 17.8 Å². The van der Waals surface area contributed by atoms with E-state index in [1.165, 1.54) is 0 Å². The van der Waals surface area contributed by atoms with Gasteiger partial charge in [-0.15, -0.1) is 0 Å². The highest BCUT2D eigenvalue weighted by molar-refractivity contribution is 5.67. The second-order valence-corrected chi connectivity index (χ2v) is 3.28. The molecule has 0 amide bonds. The molecule has 0 aromatic carbocycles. The summed E-state index contributed by atoms with van der Waals surface area (Å²) in [6, 6.07) is 0. The van der Waals surface area contributed by atoms with Crippen LogP contribution in [-0.4, -0.2) is 28.0 Å². The molecule has 0 saturated heterocycles. The lowest BCUT2D eigenvalue weighted by atomic mass is 10.1. The molecular formula is C10H16N2O3. The molecule has 0 saturated carbocycles. The number of aliphatic carboxylic acids is 1. The van der Waals surface area contributed by atoms with Gasteiger partial charge in [-0.25, -0.2) is 4.68 Å². The van der Waals surface area contributed by atoms with Crippen LogP contribution in [0.3, 0.4) is 0 Å². The fraction of sp³-hybridized carbons (Fsp3) is 0.600. The predicted octanol–water partition coefficient (Wildman–Crippen LogP) is 1.24. The van der Waals surface area contributed by atoms with Crippen molar-refractivity contribution in [2.24, 2.45) is 0 Å². The zero-order valence-corrected chi connectivity index (χ0v) is 9.28. The second kappa shape index (κ2) is 4.82. The van der Waals surface area contributed by atoms with Crippen LogP contribution in [0.1, 0.15) is 24.6 Å². The van der Waals surface area contributed by atoms with Gasteiger partial charge in [-0.2, -0.15) is 5.10 Å². The Hall–Kier alpha value is -1.52. The molecule has 0 radical (unpaired) electrons. The number of nitrogens with zero attached hydrogens (tertiary/aromatic N) is 2. The third kappa shape index (κ3) is 2.49. The highest BCUT2D eigenvalue weighted by atomic mass is 16.5. The number of carbonyl (C=O) groups is 1. The average molecular weight is 212 g/mol. The Morgan fingerprint density at radius 2 is 2.27 bits per heavy atom. The van der Waals surface area contributed by atoms with E-state index in [2.05, 4.69) is 5.10 Å². The minimum atomic E-state index is -0.805. The molecule has 0 atom stereocenters. The zero-order valence-electron chi connectivity index (χ0n) is 9.28. The second-order valence-electron chi connectivity index (χ2n) is 3.28. The third-order valence-corrected chi connectivity index (χ3v) is 2.28. The standard InChI is InChI=1S/C10H16N2O3/c1-4-12-10(15-3)8(7(2)11-12)5-6-9(13)14/h4-6H2,1-3H3,(H,13,14). The predicted molar refractivity (Wildman–Crippen MR) is 55.1 cm³/mol. The maximum Gasteiger partial charge on any atom is 0.303 e. The SMILES string of the molecule is CCn1nc(C)c(CCC(=O)O)c1OC. The first kappa shape index (κ1) is 11.6. The minimum absolute atomic E-state index is 0.104. The van der Waals surface area contributed by atoms with E-state index in [1.54, 1.807) is 11.8 Å². The summed E-state index contributed by atoms with van der Waals surface area (Å²) in [5, 5.41) is 12.9. The van der Waals surface area contributed by atoms with Gasteiger partial charge in [0.25, 0.3) is 0 Å². The van der Waals surface area contributed by atoms with Crippen molar-refractivity contribution < 1.29 is 14.6 Å². The van der Waals surface area contributed by atoms with Crippen molar-refractivity contribution in [1.82, 2.24) is 9.78 Å². The number of rotatable bonds is 5. The minimum Gasteiger partial charge on any atom is -0.481 e. The van der Waals surface area contributed by atoms with Crippen molar-refractivity contribution in [3.8, 4) is 5.88 Å². The molecule has 0 spiro atoms. The van der Waals surface area contributed by atoms with Crippen molar-refractivity contribution in [3.63, 3.8) is 0 Å². The number of methoxy groups -OCH3 is 1. The van der Waals surface area contributed by atoms with Gasteiger partial charge in [-0.05, 0) is 20.3 Å². The topological polar surface area (TPSA) is 64.4 Å². The highest BCUT2D eigenvalue weighted by Gasteiger charge is 2.15. The fourth-order valence-corrected chi connectivity index (χ4v) is 1.56. The number of aromatic nitrogens is 2. The van der Waals surface area contributed by atoms with Crippen LogP contribution in [0.5, 0.6) is 5.88 Å². The molecule has 1 rings (SSSR count). The number of ether oxygens (including phenoxy) is 1. The molecule has 1 aromatic rings.